The van der Waals surface area contributed by atoms with Gasteiger partial charge in [-0.25, -0.2) is 0 Å². The van der Waals surface area contributed by atoms with Crippen LogP contribution < -0.4 is 10.2 Å². The molecule has 0 radical (unpaired) electrons. The molecule has 0 atom stereocenters. The molecule has 0 saturated carbocycles. The molecular formula is C19H23N3O2. The number of aryl methyl sites for hydroxylation is 2. The fourth-order valence-corrected chi connectivity index (χ4v) is 2.44. The van der Waals surface area contributed by atoms with E-state index < -0.39 is 0 Å². The number of nitrogens with zero attached hydrogens (tertiary/aromatic N) is 2. The van der Waals surface area contributed by atoms with Crippen LogP contribution in [0.25, 0.3) is 0 Å². The van der Waals surface area contributed by atoms with E-state index >= 15 is 0 Å². The van der Waals surface area contributed by atoms with Gasteiger partial charge in [-0.05, 0) is 32.4 Å². The third-order valence-electron chi connectivity index (χ3n) is 3.77. The number of aromatic nitrogens is 1. The number of anilines is 1. The number of rotatable bonds is 5. The topological polar surface area (TPSA) is 58.4 Å². The summed E-state index contributed by atoms with van der Waals surface area (Å²) < 4.78 is 5.10. The molecule has 0 spiro atoms. The van der Waals surface area contributed by atoms with E-state index in [4.69, 9.17) is 4.52 Å². The van der Waals surface area contributed by atoms with Gasteiger partial charge in [0, 0.05) is 31.6 Å². The molecule has 126 valence electrons. The average Bonchev–Trinajstić information content (AvgIpc) is 2.88. The van der Waals surface area contributed by atoms with E-state index in [0.29, 0.717) is 19.4 Å². The largest absolute Gasteiger partial charge is 0.377 e. The number of nitrogens with one attached hydrogen (secondary N) is 1. The van der Waals surface area contributed by atoms with Crippen LogP contribution in [0.4, 0.5) is 5.69 Å². The zero-order chi connectivity index (χ0) is 17.5. The Hall–Kier alpha value is -2.74. The summed E-state index contributed by atoms with van der Waals surface area (Å²) in [5, 5.41) is 6.72. The van der Waals surface area contributed by atoms with Crippen LogP contribution in [0.15, 0.2) is 28.8 Å². The van der Waals surface area contributed by atoms with Gasteiger partial charge in [-0.2, -0.15) is 0 Å². The van der Waals surface area contributed by atoms with Crippen molar-refractivity contribution in [1.82, 2.24) is 10.5 Å². The van der Waals surface area contributed by atoms with Crippen LogP contribution in [0, 0.1) is 25.7 Å². The van der Waals surface area contributed by atoms with Gasteiger partial charge in [-0.1, -0.05) is 29.1 Å². The van der Waals surface area contributed by atoms with Crippen molar-refractivity contribution in [3.05, 3.63) is 46.8 Å². The third-order valence-corrected chi connectivity index (χ3v) is 3.77. The maximum absolute atomic E-state index is 11.9. The Kier molecular flexibility index (Phi) is 6.02. The lowest BCUT2D eigenvalue weighted by molar-refractivity contribution is -0.120. The van der Waals surface area contributed by atoms with E-state index in [0.717, 1.165) is 28.3 Å². The molecule has 1 aromatic heterocycles. The molecule has 5 nitrogen and oxygen atoms in total. The smallest absolute Gasteiger partial charge is 0.221 e. The quantitative estimate of drug-likeness (QED) is 0.858. The fraction of sp³-hybridized carbons (Fsp3) is 0.368. The Morgan fingerprint density at radius 1 is 1.29 bits per heavy atom. The van der Waals surface area contributed by atoms with Gasteiger partial charge in [0.15, 0.2) is 0 Å². The molecule has 1 amide bonds. The number of hydrogen-bond donors (Lipinski definition) is 1. The minimum atomic E-state index is -0.0230. The maximum atomic E-state index is 11.9. The van der Waals surface area contributed by atoms with E-state index in [-0.39, 0.29) is 5.91 Å². The Labute approximate surface area is 143 Å². The summed E-state index contributed by atoms with van der Waals surface area (Å²) >= 11 is 0. The van der Waals surface area contributed by atoms with Crippen molar-refractivity contribution >= 4 is 11.6 Å². The molecule has 0 bridgehead atoms. The number of para-hydroxylation sites is 1. The Morgan fingerprint density at radius 3 is 2.71 bits per heavy atom. The van der Waals surface area contributed by atoms with Crippen LogP contribution in [-0.2, 0) is 11.2 Å². The van der Waals surface area contributed by atoms with Crippen LogP contribution in [0.1, 0.15) is 29.0 Å². The van der Waals surface area contributed by atoms with Crippen molar-refractivity contribution in [2.45, 2.75) is 26.7 Å². The summed E-state index contributed by atoms with van der Waals surface area (Å²) in [6.07, 6.45) is 1.03. The van der Waals surface area contributed by atoms with Crippen LogP contribution >= 0.6 is 0 Å². The van der Waals surface area contributed by atoms with Crippen molar-refractivity contribution < 1.29 is 9.32 Å². The number of carbonyl (C=O) groups excluding carboxylic acids is 1. The summed E-state index contributed by atoms with van der Waals surface area (Å²) in [6, 6.07) is 7.93. The standard InChI is InChI=1S/C19H23N3O2/c1-14-17(15(2)24-21-14)11-12-19(23)20-13-7-9-16-8-5-6-10-18(16)22(3)4/h5-6,8,10H,11-13H2,1-4H3,(H,20,23). The predicted molar refractivity (Wildman–Crippen MR) is 95.0 cm³/mol. The molecule has 0 aliphatic carbocycles. The van der Waals surface area contributed by atoms with E-state index in [1.165, 1.54) is 0 Å². The SMILES string of the molecule is Cc1noc(C)c1CCC(=O)NCC#Cc1ccccc1N(C)C. The lowest BCUT2D eigenvalue weighted by atomic mass is 10.1. The highest BCUT2D eigenvalue weighted by Gasteiger charge is 2.10. The molecule has 2 aromatic rings. The van der Waals surface area contributed by atoms with Gasteiger partial charge in [0.25, 0.3) is 0 Å². The van der Waals surface area contributed by atoms with Gasteiger partial charge < -0.3 is 14.7 Å². The summed E-state index contributed by atoms with van der Waals surface area (Å²) in [5.74, 6) is 6.87. The highest BCUT2D eigenvalue weighted by Crippen LogP contribution is 2.16. The molecule has 1 N–H and O–H groups in total. The molecule has 0 saturated heterocycles. The number of amides is 1. The zero-order valence-corrected chi connectivity index (χ0v) is 14.6. The zero-order valence-electron chi connectivity index (χ0n) is 14.6. The fourth-order valence-electron chi connectivity index (χ4n) is 2.44. The molecule has 0 aliphatic heterocycles. The van der Waals surface area contributed by atoms with Crippen LogP contribution in [0.2, 0.25) is 0 Å². The predicted octanol–water partition coefficient (Wildman–Crippen LogP) is 2.46. The Bertz CT molecular complexity index is 747. The first-order valence-electron chi connectivity index (χ1n) is 7.92. The second-order valence-electron chi connectivity index (χ2n) is 5.79. The second-order valence-corrected chi connectivity index (χ2v) is 5.79. The van der Waals surface area contributed by atoms with Crippen LogP contribution in [0.3, 0.4) is 0 Å². The highest BCUT2D eigenvalue weighted by molar-refractivity contribution is 5.76. The molecule has 0 aliphatic rings. The Morgan fingerprint density at radius 2 is 2.04 bits per heavy atom. The van der Waals surface area contributed by atoms with Crippen molar-refractivity contribution in [3.63, 3.8) is 0 Å². The maximum Gasteiger partial charge on any atom is 0.221 e. The molecule has 5 heteroatoms. The molecule has 1 heterocycles. The Balaban J connectivity index is 1.84. The van der Waals surface area contributed by atoms with Crippen LogP contribution in [-0.4, -0.2) is 31.7 Å². The number of hydrogen-bond acceptors (Lipinski definition) is 4. The molecular weight excluding hydrogens is 302 g/mol. The van der Waals surface area contributed by atoms with Crippen molar-refractivity contribution in [2.24, 2.45) is 0 Å². The van der Waals surface area contributed by atoms with Gasteiger partial charge in [0.2, 0.25) is 5.91 Å². The lowest BCUT2D eigenvalue weighted by Gasteiger charge is -2.13. The van der Waals surface area contributed by atoms with E-state index in [1.54, 1.807) is 0 Å². The number of benzene rings is 1. The first-order chi connectivity index (χ1) is 11.5. The normalized spacial score (nSPS) is 10.0. The first-order valence-corrected chi connectivity index (χ1v) is 7.92. The average molecular weight is 325 g/mol. The lowest BCUT2D eigenvalue weighted by Crippen LogP contribution is -2.23. The van der Waals surface area contributed by atoms with Gasteiger partial charge in [-0.15, -0.1) is 0 Å². The van der Waals surface area contributed by atoms with Gasteiger partial charge in [0.1, 0.15) is 5.76 Å². The van der Waals surface area contributed by atoms with E-state index in [2.05, 4.69) is 22.3 Å². The van der Waals surface area contributed by atoms with Crippen molar-refractivity contribution in [2.75, 3.05) is 25.5 Å². The third kappa shape index (κ3) is 4.63. The summed E-state index contributed by atoms with van der Waals surface area (Å²) in [5.41, 5.74) is 3.87. The molecule has 0 fully saturated rings. The number of carbonyl (C=O) groups is 1. The van der Waals surface area contributed by atoms with E-state index in [1.807, 2.05) is 57.1 Å². The second kappa shape index (κ2) is 8.21. The minimum absolute atomic E-state index is 0.0230. The summed E-state index contributed by atoms with van der Waals surface area (Å²) in [4.78, 5) is 13.9. The summed E-state index contributed by atoms with van der Waals surface area (Å²) in [7, 11) is 3.97. The van der Waals surface area contributed by atoms with Gasteiger partial charge in [0.05, 0.1) is 17.9 Å². The van der Waals surface area contributed by atoms with Gasteiger partial charge in [-0.3, -0.25) is 4.79 Å². The highest BCUT2D eigenvalue weighted by atomic mass is 16.5. The first kappa shape index (κ1) is 17.6. The van der Waals surface area contributed by atoms with Gasteiger partial charge >= 0.3 is 0 Å². The molecule has 1 aromatic carbocycles. The van der Waals surface area contributed by atoms with Crippen molar-refractivity contribution in [1.29, 1.82) is 0 Å². The summed E-state index contributed by atoms with van der Waals surface area (Å²) in [6.45, 7) is 4.08. The molecule has 0 unspecified atom stereocenters. The van der Waals surface area contributed by atoms with Crippen molar-refractivity contribution in [3.8, 4) is 11.8 Å². The molecule has 24 heavy (non-hydrogen) atoms. The molecule has 2 rings (SSSR count). The van der Waals surface area contributed by atoms with E-state index in [9.17, 15) is 4.79 Å². The van der Waals surface area contributed by atoms with Crippen LogP contribution in [0.5, 0.6) is 0 Å². The monoisotopic (exact) mass is 325 g/mol. The minimum Gasteiger partial charge on any atom is -0.377 e.